The maximum Gasteiger partial charge on any atom is 0.0429 e. The van der Waals surface area contributed by atoms with Crippen molar-refractivity contribution in [1.29, 1.82) is 0 Å². The Kier molecular flexibility index (Phi) is 4.03. The zero-order valence-electron chi connectivity index (χ0n) is 12.1. The molecule has 1 heterocycles. The molecule has 1 aliphatic heterocycles. The van der Waals surface area contributed by atoms with Crippen LogP contribution in [0.15, 0.2) is 48.5 Å². The molecule has 0 saturated heterocycles. The molecule has 2 heteroatoms. The number of rotatable bonds is 5. The standard InChI is InChI=1S/C18H22N2/c1-19-11-9-15-7-8-18-17(13-15)10-12-20(18)14-16-5-3-2-4-6-16/h2-8,13,19H,9-12,14H2,1H3. The Hall–Kier alpha value is -1.80. The van der Waals surface area contributed by atoms with Crippen molar-refractivity contribution < 1.29 is 0 Å². The molecule has 0 bridgehead atoms. The summed E-state index contributed by atoms with van der Waals surface area (Å²) >= 11 is 0. The first-order valence-corrected chi connectivity index (χ1v) is 7.42. The lowest BCUT2D eigenvalue weighted by Crippen LogP contribution is -2.19. The second kappa shape index (κ2) is 6.10. The fraction of sp³-hybridized carbons (Fsp3) is 0.333. The minimum atomic E-state index is 1.02. The molecule has 0 saturated carbocycles. The number of benzene rings is 2. The lowest BCUT2D eigenvalue weighted by Gasteiger charge is -2.19. The molecule has 2 aromatic carbocycles. The minimum absolute atomic E-state index is 1.02. The van der Waals surface area contributed by atoms with Crippen LogP contribution in [-0.2, 0) is 19.4 Å². The third-order valence-corrected chi connectivity index (χ3v) is 4.02. The van der Waals surface area contributed by atoms with Gasteiger partial charge in [-0.2, -0.15) is 0 Å². The third kappa shape index (κ3) is 2.86. The van der Waals surface area contributed by atoms with Crippen LogP contribution in [0.5, 0.6) is 0 Å². The highest BCUT2D eigenvalue weighted by Gasteiger charge is 2.19. The Morgan fingerprint density at radius 1 is 1.05 bits per heavy atom. The average molecular weight is 266 g/mol. The number of nitrogens with zero attached hydrogens (tertiary/aromatic N) is 1. The molecule has 0 spiro atoms. The summed E-state index contributed by atoms with van der Waals surface area (Å²) in [7, 11) is 2.01. The molecular weight excluding hydrogens is 244 g/mol. The first kappa shape index (κ1) is 13.2. The van der Waals surface area contributed by atoms with E-state index >= 15 is 0 Å². The van der Waals surface area contributed by atoms with Crippen molar-refractivity contribution in [2.45, 2.75) is 19.4 Å². The molecule has 20 heavy (non-hydrogen) atoms. The van der Waals surface area contributed by atoms with Crippen LogP contribution in [0, 0.1) is 0 Å². The number of likely N-dealkylation sites (N-methyl/N-ethyl adjacent to an activating group) is 1. The maximum absolute atomic E-state index is 3.21. The van der Waals surface area contributed by atoms with Gasteiger partial charge in [0.15, 0.2) is 0 Å². The first-order valence-electron chi connectivity index (χ1n) is 7.42. The highest BCUT2D eigenvalue weighted by molar-refractivity contribution is 5.59. The molecule has 2 aromatic rings. The largest absolute Gasteiger partial charge is 0.367 e. The SMILES string of the molecule is CNCCc1ccc2c(c1)CCN2Cc1ccccc1. The quantitative estimate of drug-likeness (QED) is 0.895. The monoisotopic (exact) mass is 266 g/mol. The highest BCUT2D eigenvalue weighted by Crippen LogP contribution is 2.30. The zero-order chi connectivity index (χ0) is 13.8. The van der Waals surface area contributed by atoms with Crippen LogP contribution >= 0.6 is 0 Å². The van der Waals surface area contributed by atoms with Gasteiger partial charge in [0.25, 0.3) is 0 Å². The zero-order valence-corrected chi connectivity index (χ0v) is 12.1. The van der Waals surface area contributed by atoms with Gasteiger partial charge in [0.1, 0.15) is 0 Å². The van der Waals surface area contributed by atoms with Gasteiger partial charge in [-0.25, -0.2) is 0 Å². The predicted octanol–water partition coefficient (Wildman–Crippen LogP) is 3.01. The van der Waals surface area contributed by atoms with Gasteiger partial charge in [0, 0.05) is 18.8 Å². The number of hydrogen-bond acceptors (Lipinski definition) is 2. The Labute approximate surface area is 121 Å². The van der Waals surface area contributed by atoms with E-state index in [2.05, 4.69) is 58.7 Å². The molecule has 104 valence electrons. The molecule has 0 aromatic heterocycles. The van der Waals surface area contributed by atoms with Gasteiger partial charge >= 0.3 is 0 Å². The summed E-state index contributed by atoms with van der Waals surface area (Å²) in [5.74, 6) is 0. The van der Waals surface area contributed by atoms with E-state index in [4.69, 9.17) is 0 Å². The number of fused-ring (bicyclic) bond motifs is 1. The van der Waals surface area contributed by atoms with Crippen LogP contribution in [-0.4, -0.2) is 20.1 Å². The summed E-state index contributed by atoms with van der Waals surface area (Å²) in [6.07, 6.45) is 2.29. The van der Waals surface area contributed by atoms with Crippen molar-refractivity contribution in [3.8, 4) is 0 Å². The Balaban J connectivity index is 1.74. The number of hydrogen-bond donors (Lipinski definition) is 1. The van der Waals surface area contributed by atoms with Crippen molar-refractivity contribution >= 4 is 5.69 Å². The third-order valence-electron chi connectivity index (χ3n) is 4.02. The lowest BCUT2D eigenvalue weighted by atomic mass is 10.1. The fourth-order valence-corrected chi connectivity index (χ4v) is 2.92. The summed E-state index contributed by atoms with van der Waals surface area (Å²) < 4.78 is 0. The first-order chi connectivity index (χ1) is 9.86. The van der Waals surface area contributed by atoms with E-state index in [0.717, 1.165) is 26.1 Å². The molecule has 0 atom stereocenters. The second-order valence-electron chi connectivity index (χ2n) is 5.47. The predicted molar refractivity (Wildman–Crippen MR) is 85.3 cm³/mol. The van der Waals surface area contributed by atoms with E-state index in [-0.39, 0.29) is 0 Å². The lowest BCUT2D eigenvalue weighted by molar-refractivity contribution is 0.791. The molecule has 0 fully saturated rings. The van der Waals surface area contributed by atoms with Gasteiger partial charge in [-0.15, -0.1) is 0 Å². The van der Waals surface area contributed by atoms with E-state index in [1.165, 1.54) is 28.8 Å². The van der Waals surface area contributed by atoms with Crippen LogP contribution in [0.2, 0.25) is 0 Å². The fourth-order valence-electron chi connectivity index (χ4n) is 2.92. The summed E-state index contributed by atoms with van der Waals surface area (Å²) in [6, 6.07) is 17.7. The van der Waals surface area contributed by atoms with Crippen molar-refractivity contribution in [1.82, 2.24) is 5.32 Å². The molecule has 0 unspecified atom stereocenters. The van der Waals surface area contributed by atoms with Gasteiger partial charge in [-0.05, 0) is 49.2 Å². The molecule has 3 rings (SSSR count). The van der Waals surface area contributed by atoms with Gasteiger partial charge < -0.3 is 10.2 Å². The maximum atomic E-state index is 3.21. The molecule has 2 nitrogen and oxygen atoms in total. The summed E-state index contributed by atoms with van der Waals surface area (Å²) in [5, 5.41) is 3.21. The summed E-state index contributed by atoms with van der Waals surface area (Å²) in [4.78, 5) is 2.49. The Morgan fingerprint density at radius 3 is 2.70 bits per heavy atom. The topological polar surface area (TPSA) is 15.3 Å². The molecule has 1 aliphatic rings. The van der Waals surface area contributed by atoms with Crippen LogP contribution in [0.3, 0.4) is 0 Å². The second-order valence-corrected chi connectivity index (χ2v) is 5.47. The normalized spacial score (nSPS) is 13.6. The highest BCUT2D eigenvalue weighted by atomic mass is 15.1. The van der Waals surface area contributed by atoms with E-state index in [0.29, 0.717) is 0 Å². The van der Waals surface area contributed by atoms with Crippen LogP contribution < -0.4 is 10.2 Å². The Bertz CT molecular complexity index is 563. The average Bonchev–Trinajstić information content (AvgIpc) is 2.89. The van der Waals surface area contributed by atoms with Crippen LogP contribution in [0.25, 0.3) is 0 Å². The number of anilines is 1. The smallest absolute Gasteiger partial charge is 0.0429 e. The summed E-state index contributed by atoms with van der Waals surface area (Å²) in [5.41, 5.74) is 5.76. The van der Waals surface area contributed by atoms with E-state index in [9.17, 15) is 0 Å². The molecular formula is C18H22N2. The van der Waals surface area contributed by atoms with Crippen molar-refractivity contribution in [3.05, 3.63) is 65.2 Å². The van der Waals surface area contributed by atoms with Crippen molar-refractivity contribution in [2.24, 2.45) is 0 Å². The summed E-state index contributed by atoms with van der Waals surface area (Å²) in [6.45, 7) is 3.20. The van der Waals surface area contributed by atoms with E-state index in [1.807, 2.05) is 7.05 Å². The van der Waals surface area contributed by atoms with Gasteiger partial charge in [0.2, 0.25) is 0 Å². The van der Waals surface area contributed by atoms with E-state index in [1.54, 1.807) is 0 Å². The molecule has 0 radical (unpaired) electrons. The van der Waals surface area contributed by atoms with Crippen molar-refractivity contribution in [2.75, 3.05) is 25.0 Å². The molecule has 0 aliphatic carbocycles. The van der Waals surface area contributed by atoms with Crippen LogP contribution in [0.1, 0.15) is 16.7 Å². The van der Waals surface area contributed by atoms with Gasteiger partial charge in [-0.1, -0.05) is 42.5 Å². The molecule has 1 N–H and O–H groups in total. The van der Waals surface area contributed by atoms with Gasteiger partial charge in [0.05, 0.1) is 0 Å². The Morgan fingerprint density at radius 2 is 1.90 bits per heavy atom. The van der Waals surface area contributed by atoms with Crippen molar-refractivity contribution in [3.63, 3.8) is 0 Å². The minimum Gasteiger partial charge on any atom is -0.367 e. The van der Waals surface area contributed by atoms with Crippen LogP contribution in [0.4, 0.5) is 5.69 Å². The van der Waals surface area contributed by atoms with E-state index < -0.39 is 0 Å². The number of nitrogens with one attached hydrogen (secondary N) is 1. The molecule has 0 amide bonds. The van der Waals surface area contributed by atoms with Gasteiger partial charge in [-0.3, -0.25) is 0 Å².